The van der Waals surface area contributed by atoms with Crippen molar-refractivity contribution < 1.29 is 43.7 Å². The topological polar surface area (TPSA) is 185 Å². The van der Waals surface area contributed by atoms with Crippen LogP contribution in [0, 0.1) is 5.92 Å². The van der Waals surface area contributed by atoms with E-state index < -0.39 is 41.8 Å². The molecule has 0 bridgehead atoms. The maximum Gasteiger partial charge on any atom is 0.304 e. The van der Waals surface area contributed by atoms with Gasteiger partial charge in [-0.15, -0.1) is 5.10 Å². The molecule has 3 aliphatic heterocycles. The van der Waals surface area contributed by atoms with Crippen LogP contribution in [0.25, 0.3) is 0 Å². The highest BCUT2D eigenvalue weighted by molar-refractivity contribution is 6.08. The van der Waals surface area contributed by atoms with Crippen LogP contribution in [0.4, 0.5) is 17.1 Å². The number of carbonyl (C=O) groups excluding carboxylic acids is 5. The Morgan fingerprint density at radius 3 is 2.20 bits per heavy atom. The molecule has 3 aromatic rings. The Morgan fingerprint density at radius 1 is 0.980 bits per heavy atom. The Morgan fingerprint density at radius 2 is 1.60 bits per heavy atom. The second kappa shape index (κ2) is 13.8. The molecule has 2 fully saturated rings. The Hall–Kier alpha value is -5.41. The van der Waals surface area contributed by atoms with E-state index in [9.17, 15) is 29.1 Å². The van der Waals surface area contributed by atoms with Crippen molar-refractivity contribution in [1.29, 1.82) is 0 Å². The Balaban J connectivity index is 1.26. The lowest BCUT2D eigenvalue weighted by atomic mass is 9.82. The fourth-order valence-electron chi connectivity index (χ4n) is 6.48. The molecular weight excluding hydrogens is 648 g/mol. The molecular formula is C35H38N6O9. The highest BCUT2D eigenvalue weighted by atomic mass is 16.6. The molecule has 0 spiro atoms. The van der Waals surface area contributed by atoms with Crippen LogP contribution < -0.4 is 14.7 Å². The van der Waals surface area contributed by atoms with Crippen LogP contribution in [-0.2, 0) is 58.6 Å². The Labute approximate surface area is 287 Å². The van der Waals surface area contributed by atoms with E-state index in [4.69, 9.17) is 14.6 Å². The van der Waals surface area contributed by atoms with Gasteiger partial charge in [-0.25, -0.2) is 0 Å². The Kier molecular flexibility index (Phi) is 9.54. The average Bonchev–Trinajstić information content (AvgIpc) is 3.59. The van der Waals surface area contributed by atoms with E-state index in [0.29, 0.717) is 53.3 Å². The summed E-state index contributed by atoms with van der Waals surface area (Å²) in [6, 6.07) is 11.8. The van der Waals surface area contributed by atoms with Gasteiger partial charge in [-0.05, 0) is 42.3 Å². The van der Waals surface area contributed by atoms with Gasteiger partial charge in [-0.2, -0.15) is 0 Å². The van der Waals surface area contributed by atoms with Gasteiger partial charge in [0, 0.05) is 62.5 Å². The first-order chi connectivity index (χ1) is 23.9. The first-order valence-corrected chi connectivity index (χ1v) is 16.3. The number of β-lactam (4-membered cyclic amide) rings is 2. The first-order valence-electron chi connectivity index (χ1n) is 16.3. The van der Waals surface area contributed by atoms with Gasteiger partial charge in [0.1, 0.15) is 0 Å². The number of carbonyl (C=O) groups is 5. The van der Waals surface area contributed by atoms with E-state index in [0.717, 1.165) is 0 Å². The van der Waals surface area contributed by atoms with Crippen LogP contribution in [0.5, 0.6) is 0 Å². The summed E-state index contributed by atoms with van der Waals surface area (Å²) in [7, 11) is 0. The molecule has 50 heavy (non-hydrogen) atoms. The molecule has 3 aliphatic rings. The van der Waals surface area contributed by atoms with Crippen molar-refractivity contribution in [3.63, 3.8) is 0 Å². The van der Waals surface area contributed by atoms with Gasteiger partial charge in [0.15, 0.2) is 18.1 Å². The van der Waals surface area contributed by atoms with Crippen molar-refractivity contribution in [3.8, 4) is 0 Å². The van der Waals surface area contributed by atoms with Crippen molar-refractivity contribution in [2.24, 2.45) is 5.92 Å². The van der Waals surface area contributed by atoms with Gasteiger partial charge >= 0.3 is 11.9 Å². The van der Waals surface area contributed by atoms with Crippen molar-refractivity contribution in [2.45, 2.75) is 77.6 Å². The largest absolute Gasteiger partial charge is 0.441 e. The number of aliphatic hydroxyl groups excluding tert-OH is 1. The zero-order valence-electron chi connectivity index (χ0n) is 27.9. The molecule has 0 saturated carbocycles. The third kappa shape index (κ3) is 6.48. The van der Waals surface area contributed by atoms with Crippen LogP contribution in [0.3, 0.4) is 0 Å². The number of hydrogen-bond donors (Lipinski definition) is 2. The van der Waals surface area contributed by atoms with E-state index in [1.54, 1.807) is 66.3 Å². The fraction of sp³-hybridized carbons (Fsp3) is 0.400. The van der Waals surface area contributed by atoms with Gasteiger partial charge in [0.05, 0.1) is 30.8 Å². The second-order valence-corrected chi connectivity index (χ2v) is 12.5. The molecule has 0 radical (unpaired) electrons. The van der Waals surface area contributed by atoms with Crippen molar-refractivity contribution >= 4 is 46.7 Å². The number of aliphatic hydroxyl groups is 2. The standard InChI is InChI=1S/C35H38N6O9/c1-21(6-4-5-14-38-20-25(13-15-42)36-37-38)35(48)28-16-27(41-31(46)18-33(41)50-23(3)44)11-12-29(28)39(34(35)47)19-24-7-9-26(10-8-24)40-30(45)17-32(40)49-22(2)43/h4,6-12,16,20-21,32-33,42,48H,5,13-15,17-19H2,1-3H3/b6-4+/t21-,32?,33?,35+/m1/s1. The first kappa shape index (κ1) is 34.5. The molecule has 2 saturated heterocycles. The van der Waals surface area contributed by atoms with E-state index in [1.165, 1.54) is 28.5 Å². The number of amides is 3. The van der Waals surface area contributed by atoms with Crippen molar-refractivity contribution in [1.82, 2.24) is 15.0 Å². The summed E-state index contributed by atoms with van der Waals surface area (Å²) in [6.07, 6.45) is 4.97. The molecule has 262 valence electrons. The number of anilines is 3. The fourth-order valence-corrected chi connectivity index (χ4v) is 6.48. The second-order valence-electron chi connectivity index (χ2n) is 12.5. The summed E-state index contributed by atoms with van der Waals surface area (Å²) in [5.74, 6) is -2.73. The van der Waals surface area contributed by atoms with Gasteiger partial charge in [0.25, 0.3) is 5.91 Å². The van der Waals surface area contributed by atoms with E-state index >= 15 is 0 Å². The average molecular weight is 687 g/mol. The molecule has 3 amide bonds. The number of hydrogen-bond acceptors (Lipinski definition) is 11. The number of fused-ring (bicyclic) bond motifs is 1. The molecule has 15 nitrogen and oxygen atoms in total. The number of ether oxygens (including phenoxy) is 2. The molecule has 1 aromatic heterocycles. The van der Waals surface area contributed by atoms with Crippen molar-refractivity contribution in [3.05, 3.63) is 77.6 Å². The summed E-state index contributed by atoms with van der Waals surface area (Å²) >= 11 is 0. The van der Waals surface area contributed by atoms with Gasteiger partial charge in [-0.1, -0.05) is 36.4 Å². The quantitative estimate of drug-likeness (QED) is 0.152. The predicted octanol–water partition coefficient (Wildman–Crippen LogP) is 2.08. The summed E-state index contributed by atoms with van der Waals surface area (Å²) in [5.41, 5.74) is 1.06. The number of allylic oxidation sites excluding steroid dienone is 1. The SMILES string of the molecule is CC(=O)OC1CC(=O)N1c1ccc(CN2C(=O)[C@](O)([C@H](C)/C=C/CCn3cc(CCO)nn3)c3cc(N4C(=O)CC4OC(C)=O)ccc32)cc1. The summed E-state index contributed by atoms with van der Waals surface area (Å²) in [6.45, 7) is 4.84. The molecule has 4 atom stereocenters. The minimum atomic E-state index is -2.00. The lowest BCUT2D eigenvalue weighted by Crippen LogP contribution is -2.55. The van der Waals surface area contributed by atoms with Crippen molar-refractivity contribution in [2.75, 3.05) is 21.3 Å². The van der Waals surface area contributed by atoms with Crippen LogP contribution in [-0.4, -0.2) is 73.9 Å². The number of nitrogens with zero attached hydrogens (tertiary/aromatic N) is 6. The smallest absolute Gasteiger partial charge is 0.304 e. The Bertz CT molecular complexity index is 1860. The highest BCUT2D eigenvalue weighted by Gasteiger charge is 2.53. The van der Waals surface area contributed by atoms with Gasteiger partial charge in [-0.3, -0.25) is 38.5 Å². The summed E-state index contributed by atoms with van der Waals surface area (Å²) in [4.78, 5) is 66.5. The number of rotatable bonds is 13. The maximum absolute atomic E-state index is 14.3. The number of esters is 2. The maximum atomic E-state index is 14.3. The molecule has 2 aromatic carbocycles. The zero-order chi connectivity index (χ0) is 35.7. The monoisotopic (exact) mass is 686 g/mol. The molecule has 15 heteroatoms. The molecule has 2 unspecified atom stereocenters. The summed E-state index contributed by atoms with van der Waals surface area (Å²) < 4.78 is 12.2. The van der Waals surface area contributed by atoms with Crippen LogP contribution in [0.2, 0.25) is 0 Å². The lowest BCUT2D eigenvalue weighted by molar-refractivity contribution is -0.155. The van der Waals surface area contributed by atoms with E-state index in [1.807, 2.05) is 6.08 Å². The number of aryl methyl sites for hydroxylation is 1. The van der Waals surface area contributed by atoms with E-state index in [-0.39, 0.29) is 37.8 Å². The minimum Gasteiger partial charge on any atom is -0.441 e. The van der Waals surface area contributed by atoms with E-state index in [2.05, 4.69) is 10.3 Å². The highest BCUT2D eigenvalue weighted by Crippen LogP contribution is 2.48. The zero-order valence-corrected chi connectivity index (χ0v) is 27.9. The summed E-state index contributed by atoms with van der Waals surface area (Å²) in [5, 5.41) is 29.5. The molecule has 0 aliphatic carbocycles. The van der Waals surface area contributed by atoms with Gasteiger partial charge in [0.2, 0.25) is 11.8 Å². The molecule has 4 heterocycles. The lowest BCUT2D eigenvalue weighted by Gasteiger charge is -2.39. The predicted molar refractivity (Wildman–Crippen MR) is 177 cm³/mol. The number of benzene rings is 2. The third-order valence-electron chi connectivity index (χ3n) is 9.06. The molecule has 6 rings (SSSR count). The third-order valence-corrected chi connectivity index (χ3v) is 9.06. The van der Waals surface area contributed by atoms with Crippen LogP contribution >= 0.6 is 0 Å². The van der Waals surface area contributed by atoms with Gasteiger partial charge < -0.3 is 24.6 Å². The minimum absolute atomic E-state index is 0.0255. The normalized spacial score (nSPS) is 22.0. The molecule has 2 N–H and O–H groups in total. The van der Waals surface area contributed by atoms with Crippen LogP contribution in [0.15, 0.2) is 60.8 Å². The number of aromatic nitrogens is 3. The van der Waals surface area contributed by atoms with Crippen LogP contribution in [0.1, 0.15) is 56.9 Å².